The number of rotatable bonds is 6. The number of fused-ring (bicyclic) bond motifs is 2. The van der Waals surface area contributed by atoms with Crippen molar-refractivity contribution in [2.75, 3.05) is 39.3 Å². The van der Waals surface area contributed by atoms with Gasteiger partial charge in [0.1, 0.15) is 24.2 Å². The van der Waals surface area contributed by atoms with Crippen LogP contribution in [0.3, 0.4) is 0 Å². The van der Waals surface area contributed by atoms with E-state index < -0.39 is 6.10 Å². The molecule has 7 nitrogen and oxygen atoms in total. The third-order valence-corrected chi connectivity index (χ3v) is 7.45. The highest BCUT2D eigenvalue weighted by molar-refractivity contribution is 6.30. The van der Waals surface area contributed by atoms with Crippen molar-refractivity contribution in [2.45, 2.75) is 44.0 Å². The molecule has 2 N–H and O–H groups in total. The van der Waals surface area contributed by atoms with E-state index in [2.05, 4.69) is 11.0 Å². The van der Waals surface area contributed by atoms with Crippen molar-refractivity contribution in [1.29, 1.82) is 0 Å². The van der Waals surface area contributed by atoms with Crippen LogP contribution in [0.1, 0.15) is 47.2 Å². The quantitative estimate of drug-likeness (QED) is 0.650. The molecule has 2 saturated heterocycles. The molecule has 0 bridgehead atoms. The fourth-order valence-corrected chi connectivity index (χ4v) is 5.56. The first-order chi connectivity index (χ1) is 16.4. The summed E-state index contributed by atoms with van der Waals surface area (Å²) in [6.07, 6.45) is 2.99. The predicted molar refractivity (Wildman–Crippen MR) is 128 cm³/mol. The number of phenols is 1. The smallest absolute Gasteiger partial charge is 0.257 e. The summed E-state index contributed by atoms with van der Waals surface area (Å²) < 4.78 is 12.1. The first kappa shape index (κ1) is 23.4. The Morgan fingerprint density at radius 2 is 1.88 bits per heavy atom. The third kappa shape index (κ3) is 4.75. The van der Waals surface area contributed by atoms with Crippen molar-refractivity contribution in [1.82, 2.24) is 9.80 Å². The number of hydrogen-bond donors (Lipinski definition) is 2. The maximum Gasteiger partial charge on any atom is 0.257 e. The monoisotopic (exact) mass is 486 g/mol. The minimum absolute atomic E-state index is 0.0296. The Morgan fingerprint density at radius 3 is 2.65 bits per heavy atom. The number of amides is 1. The Hall–Kier alpha value is -2.32. The number of benzene rings is 2. The molecular weight excluding hydrogens is 456 g/mol. The van der Waals surface area contributed by atoms with Gasteiger partial charge in [-0.2, -0.15) is 0 Å². The third-order valence-electron chi connectivity index (χ3n) is 7.21. The summed E-state index contributed by atoms with van der Waals surface area (Å²) in [6, 6.07) is 10.5. The molecule has 8 heteroatoms. The van der Waals surface area contributed by atoms with Crippen molar-refractivity contribution in [3.8, 4) is 11.5 Å². The van der Waals surface area contributed by atoms with Gasteiger partial charge >= 0.3 is 0 Å². The lowest BCUT2D eigenvalue weighted by Crippen LogP contribution is -2.46. The topological polar surface area (TPSA) is 82.5 Å². The highest BCUT2D eigenvalue weighted by Gasteiger charge is 2.42. The van der Waals surface area contributed by atoms with Gasteiger partial charge in [0.15, 0.2) is 0 Å². The van der Waals surface area contributed by atoms with Gasteiger partial charge in [-0.3, -0.25) is 4.79 Å². The maximum atomic E-state index is 12.8. The molecule has 1 amide bonds. The molecule has 2 aromatic rings. The second-order valence-corrected chi connectivity index (χ2v) is 9.97. The second kappa shape index (κ2) is 9.74. The molecular formula is C26H31ClN2O5. The van der Waals surface area contributed by atoms with E-state index in [0.29, 0.717) is 24.5 Å². The zero-order valence-corrected chi connectivity index (χ0v) is 20.0. The molecule has 3 aliphatic rings. The van der Waals surface area contributed by atoms with E-state index in [4.69, 9.17) is 21.1 Å². The van der Waals surface area contributed by atoms with Gasteiger partial charge < -0.3 is 29.5 Å². The van der Waals surface area contributed by atoms with Crippen LogP contribution in [0.4, 0.5) is 0 Å². The minimum atomic E-state index is -0.721. The molecule has 0 aliphatic carbocycles. The van der Waals surface area contributed by atoms with Gasteiger partial charge in [0.2, 0.25) is 0 Å². The van der Waals surface area contributed by atoms with Crippen LogP contribution in [0.5, 0.6) is 11.5 Å². The number of carbonyl (C=O) groups excluding carboxylic acids is 1. The maximum absolute atomic E-state index is 12.8. The fourth-order valence-electron chi connectivity index (χ4n) is 5.36. The average molecular weight is 487 g/mol. The van der Waals surface area contributed by atoms with Crippen LogP contribution in [0.25, 0.3) is 0 Å². The summed E-state index contributed by atoms with van der Waals surface area (Å²) in [4.78, 5) is 16.9. The zero-order valence-electron chi connectivity index (χ0n) is 19.2. The number of piperidine rings is 1. The fraction of sp³-hybridized carbons (Fsp3) is 0.500. The molecule has 1 atom stereocenters. The normalized spacial score (nSPS) is 20.5. The molecule has 3 heterocycles. The number of carbonyl (C=O) groups is 1. The number of β-amino-alcohol motifs (C(OH)–C–C–N with tert-alkyl or cyclic N) is 1. The number of ether oxygens (including phenoxy) is 2. The summed E-state index contributed by atoms with van der Waals surface area (Å²) in [5.74, 6) is 0.242. The number of phenolic OH excluding ortho intramolecular Hbond substituents is 1. The van der Waals surface area contributed by atoms with Crippen LogP contribution >= 0.6 is 11.6 Å². The van der Waals surface area contributed by atoms with Gasteiger partial charge in [-0.15, -0.1) is 0 Å². The molecule has 34 heavy (non-hydrogen) atoms. The lowest BCUT2D eigenvalue weighted by molar-refractivity contribution is -0.0835. The van der Waals surface area contributed by atoms with Crippen LogP contribution in [-0.2, 0) is 16.9 Å². The van der Waals surface area contributed by atoms with Crippen LogP contribution in [0.15, 0.2) is 36.4 Å². The number of hydrogen-bond acceptors (Lipinski definition) is 6. The molecule has 2 aromatic carbocycles. The molecule has 182 valence electrons. The molecule has 0 radical (unpaired) electrons. The van der Waals surface area contributed by atoms with E-state index in [1.807, 2.05) is 12.1 Å². The van der Waals surface area contributed by atoms with Crippen molar-refractivity contribution in [3.05, 3.63) is 58.1 Å². The second-order valence-electron chi connectivity index (χ2n) is 9.53. The molecule has 1 spiro atoms. The summed E-state index contributed by atoms with van der Waals surface area (Å²) in [6.45, 7) is 4.20. The van der Waals surface area contributed by atoms with Crippen LogP contribution in [0, 0.1) is 0 Å². The number of aliphatic hydroxyl groups excluding tert-OH is 1. The average Bonchev–Trinajstić information content (AvgIpc) is 3.48. The van der Waals surface area contributed by atoms with Crippen LogP contribution in [-0.4, -0.2) is 71.4 Å². The first-order valence-corrected chi connectivity index (χ1v) is 12.4. The number of nitrogens with zero attached hydrogens (tertiary/aromatic N) is 2. The molecule has 3 aliphatic heterocycles. The van der Waals surface area contributed by atoms with Crippen LogP contribution in [0.2, 0.25) is 5.02 Å². The summed E-state index contributed by atoms with van der Waals surface area (Å²) in [7, 11) is 0. The highest BCUT2D eigenvalue weighted by atomic mass is 35.5. The molecule has 0 unspecified atom stereocenters. The van der Waals surface area contributed by atoms with Gasteiger partial charge in [-0.1, -0.05) is 17.7 Å². The van der Waals surface area contributed by atoms with Gasteiger partial charge in [-0.25, -0.2) is 0 Å². The van der Waals surface area contributed by atoms with Crippen LogP contribution < -0.4 is 4.74 Å². The summed E-state index contributed by atoms with van der Waals surface area (Å²) >= 11 is 6.14. The van der Waals surface area contributed by atoms with Gasteiger partial charge in [-0.05, 0) is 61.1 Å². The number of aromatic hydroxyl groups is 1. The van der Waals surface area contributed by atoms with Crippen molar-refractivity contribution in [3.63, 3.8) is 0 Å². The van der Waals surface area contributed by atoms with Gasteiger partial charge in [0.05, 0.1) is 17.8 Å². The van der Waals surface area contributed by atoms with E-state index in [-0.39, 0.29) is 23.9 Å². The van der Waals surface area contributed by atoms with E-state index >= 15 is 0 Å². The summed E-state index contributed by atoms with van der Waals surface area (Å²) in [5, 5.41) is 21.3. The Balaban J connectivity index is 1.16. The Morgan fingerprint density at radius 1 is 1.12 bits per heavy atom. The minimum Gasteiger partial charge on any atom is -0.508 e. The lowest BCUT2D eigenvalue weighted by Gasteiger charge is -2.39. The van der Waals surface area contributed by atoms with Crippen molar-refractivity contribution in [2.24, 2.45) is 0 Å². The van der Waals surface area contributed by atoms with E-state index in [0.717, 1.165) is 56.9 Å². The van der Waals surface area contributed by atoms with Crippen molar-refractivity contribution < 1.29 is 24.5 Å². The molecule has 0 saturated carbocycles. The Kier molecular flexibility index (Phi) is 6.71. The Bertz CT molecular complexity index is 1050. The largest absolute Gasteiger partial charge is 0.508 e. The zero-order chi connectivity index (χ0) is 23.7. The number of aliphatic hydroxyl groups is 1. The van der Waals surface area contributed by atoms with Gasteiger partial charge in [0.25, 0.3) is 5.91 Å². The number of halogens is 1. The van der Waals surface area contributed by atoms with Crippen molar-refractivity contribution >= 4 is 17.5 Å². The summed E-state index contributed by atoms with van der Waals surface area (Å²) in [5.41, 5.74) is 2.56. The van der Waals surface area contributed by atoms with E-state index in [9.17, 15) is 15.0 Å². The molecule has 2 fully saturated rings. The van der Waals surface area contributed by atoms with E-state index in [1.54, 1.807) is 11.0 Å². The highest BCUT2D eigenvalue weighted by Crippen LogP contribution is 2.44. The van der Waals surface area contributed by atoms with Gasteiger partial charge in [0, 0.05) is 43.8 Å². The first-order valence-electron chi connectivity index (χ1n) is 12.0. The molecule has 0 aromatic heterocycles. The van der Waals surface area contributed by atoms with E-state index in [1.165, 1.54) is 23.3 Å². The predicted octanol–water partition coefficient (Wildman–Crippen LogP) is 3.54. The molecule has 5 rings (SSSR count). The lowest BCUT2D eigenvalue weighted by atomic mass is 9.84. The number of likely N-dealkylation sites (tertiary alicyclic amines) is 2. The Labute approximate surface area is 204 Å². The SMILES string of the molecule is O=C(c1ccc(O)cc1OC[C@H](O)CN1CCC2(CC1)OCc1cc(Cl)ccc12)N1CCCC1. The standard InChI is InChI=1S/C26H31ClN2O5/c27-19-3-6-23-18(13-19)16-34-26(23)7-11-28(12-8-26)15-21(31)17-33-24-14-20(30)4-5-22(24)25(32)29-9-1-2-10-29/h3-6,13-14,21,30-31H,1-2,7-12,15-17H2/t21-/m1/s1.